The van der Waals surface area contributed by atoms with Gasteiger partial charge in [0.2, 0.25) is 0 Å². The molecule has 6 nitrogen and oxygen atoms in total. The second-order valence-electron chi connectivity index (χ2n) is 5.99. The van der Waals surface area contributed by atoms with Crippen molar-refractivity contribution in [1.29, 1.82) is 0 Å². The van der Waals surface area contributed by atoms with E-state index in [1.165, 1.54) is 0 Å². The summed E-state index contributed by atoms with van der Waals surface area (Å²) in [6.07, 6.45) is 9.47. The Balaban J connectivity index is 2.19. The fourth-order valence-corrected chi connectivity index (χ4v) is 2.54. The van der Waals surface area contributed by atoms with E-state index in [1.807, 2.05) is 60.3 Å². The smallest absolute Gasteiger partial charge is 0.309 e. The number of carboxylic acids is 2. The van der Waals surface area contributed by atoms with Crippen LogP contribution in [-0.2, 0) is 16.1 Å². The molecule has 0 saturated heterocycles. The number of allylic oxidation sites excluding steroid dienone is 1. The zero-order valence-electron chi connectivity index (χ0n) is 15.2. The van der Waals surface area contributed by atoms with Gasteiger partial charge in [-0.2, -0.15) is 0 Å². The topological polar surface area (TPSA) is 90.8 Å². The SMILES string of the molecule is C/C=C\c1cc(-c2cc[n+](CCC(=O)O)cc2)ccc1C=NCCC(=O)O. The minimum atomic E-state index is -0.860. The van der Waals surface area contributed by atoms with Crippen LogP contribution in [0.25, 0.3) is 17.2 Å². The predicted molar refractivity (Wildman–Crippen MR) is 104 cm³/mol. The average molecular weight is 367 g/mol. The Labute approximate surface area is 158 Å². The Morgan fingerprint density at radius 2 is 1.70 bits per heavy atom. The van der Waals surface area contributed by atoms with E-state index < -0.39 is 11.9 Å². The van der Waals surface area contributed by atoms with Gasteiger partial charge in [0, 0.05) is 24.9 Å². The number of pyridine rings is 1. The molecular weight excluding hydrogens is 344 g/mol. The Morgan fingerprint density at radius 3 is 2.33 bits per heavy atom. The van der Waals surface area contributed by atoms with E-state index in [0.29, 0.717) is 6.54 Å². The maximum atomic E-state index is 10.7. The van der Waals surface area contributed by atoms with Crippen LogP contribution in [0.5, 0.6) is 0 Å². The van der Waals surface area contributed by atoms with Crippen LogP contribution in [-0.4, -0.2) is 34.9 Å². The van der Waals surface area contributed by atoms with Gasteiger partial charge >= 0.3 is 11.9 Å². The predicted octanol–water partition coefficient (Wildman–Crippen LogP) is 3.04. The van der Waals surface area contributed by atoms with Gasteiger partial charge in [0.1, 0.15) is 6.42 Å². The van der Waals surface area contributed by atoms with Gasteiger partial charge in [-0.1, -0.05) is 24.3 Å². The molecule has 2 rings (SSSR count). The highest BCUT2D eigenvalue weighted by molar-refractivity contribution is 5.87. The van der Waals surface area contributed by atoms with Gasteiger partial charge in [0.15, 0.2) is 18.9 Å². The van der Waals surface area contributed by atoms with Gasteiger partial charge in [0.05, 0.1) is 6.42 Å². The summed E-state index contributed by atoms with van der Waals surface area (Å²) in [6.45, 7) is 2.62. The summed E-state index contributed by atoms with van der Waals surface area (Å²) in [6, 6.07) is 9.91. The van der Waals surface area contributed by atoms with E-state index >= 15 is 0 Å². The molecule has 0 spiro atoms. The van der Waals surface area contributed by atoms with Crippen LogP contribution in [0, 0.1) is 0 Å². The molecule has 0 unspecified atom stereocenters. The molecule has 0 saturated carbocycles. The molecule has 0 aliphatic carbocycles. The molecule has 2 N–H and O–H groups in total. The number of aliphatic imine (C=N–C) groups is 1. The molecule has 0 atom stereocenters. The van der Waals surface area contributed by atoms with Crippen LogP contribution >= 0.6 is 0 Å². The Hall–Kier alpha value is -3.28. The third-order valence-electron chi connectivity index (χ3n) is 3.93. The summed E-state index contributed by atoms with van der Waals surface area (Å²) in [7, 11) is 0. The van der Waals surface area contributed by atoms with Crippen molar-refractivity contribution in [2.24, 2.45) is 4.99 Å². The number of rotatable bonds is 9. The Morgan fingerprint density at radius 1 is 1.00 bits per heavy atom. The summed E-state index contributed by atoms with van der Waals surface area (Å²) in [5.41, 5.74) is 3.99. The number of carboxylic acid groups (broad SMARTS) is 2. The molecule has 0 amide bonds. The lowest BCUT2D eigenvalue weighted by atomic mass is 10.00. The van der Waals surface area contributed by atoms with Gasteiger partial charge in [-0.05, 0) is 35.2 Å². The standard InChI is InChI=1S/C21H22N2O4/c1-2-3-17-14-18(4-5-19(17)15-22-10-6-20(24)25)16-7-11-23(12-8-16)13-9-21(26)27/h2-5,7-8,11-12,14-15H,6,9-10,13H2,1H3,(H-,24,25,26,27)/p+1/b3-2-,22-15?. The van der Waals surface area contributed by atoms with Crippen LogP contribution in [0.3, 0.4) is 0 Å². The molecule has 1 aromatic heterocycles. The minimum absolute atomic E-state index is 0.0133. The quantitative estimate of drug-likeness (QED) is 0.526. The number of nitrogens with zero attached hydrogens (tertiary/aromatic N) is 2. The first-order chi connectivity index (χ1) is 13.0. The summed E-state index contributed by atoms with van der Waals surface area (Å²) in [4.78, 5) is 25.4. The molecule has 0 fully saturated rings. The number of aliphatic carboxylic acids is 2. The highest BCUT2D eigenvalue weighted by Crippen LogP contribution is 2.22. The number of aryl methyl sites for hydroxylation is 1. The summed E-state index contributed by atoms with van der Waals surface area (Å²) in [5, 5.41) is 17.4. The first-order valence-corrected chi connectivity index (χ1v) is 8.69. The monoisotopic (exact) mass is 367 g/mol. The average Bonchev–Trinajstić information content (AvgIpc) is 2.65. The van der Waals surface area contributed by atoms with Crippen LogP contribution in [0.4, 0.5) is 0 Å². The Bertz CT molecular complexity index is 855. The van der Waals surface area contributed by atoms with Gasteiger partial charge < -0.3 is 10.2 Å². The molecule has 0 aliphatic rings. The van der Waals surface area contributed by atoms with Crippen molar-refractivity contribution >= 4 is 24.2 Å². The molecule has 1 aromatic carbocycles. The van der Waals surface area contributed by atoms with Crippen LogP contribution in [0.15, 0.2) is 53.8 Å². The third-order valence-corrected chi connectivity index (χ3v) is 3.93. The van der Waals surface area contributed by atoms with Crippen molar-refractivity contribution in [1.82, 2.24) is 0 Å². The van der Waals surface area contributed by atoms with Crippen LogP contribution in [0.1, 0.15) is 30.9 Å². The molecule has 2 aromatic rings. The number of aromatic nitrogens is 1. The minimum Gasteiger partial charge on any atom is -0.481 e. The molecule has 1 heterocycles. The van der Waals surface area contributed by atoms with Crippen LogP contribution < -0.4 is 4.57 Å². The van der Waals surface area contributed by atoms with E-state index in [9.17, 15) is 9.59 Å². The maximum Gasteiger partial charge on any atom is 0.309 e. The number of hydrogen-bond acceptors (Lipinski definition) is 3. The summed E-state index contributed by atoms with van der Waals surface area (Å²) >= 11 is 0. The molecule has 140 valence electrons. The highest BCUT2D eigenvalue weighted by Gasteiger charge is 2.07. The number of carbonyl (C=O) groups is 2. The van der Waals surface area contributed by atoms with E-state index in [2.05, 4.69) is 11.1 Å². The first-order valence-electron chi connectivity index (χ1n) is 8.69. The lowest BCUT2D eigenvalue weighted by Crippen LogP contribution is -2.33. The van der Waals surface area contributed by atoms with Gasteiger partial charge in [0.25, 0.3) is 0 Å². The lowest BCUT2D eigenvalue weighted by molar-refractivity contribution is -0.695. The largest absolute Gasteiger partial charge is 0.481 e. The highest BCUT2D eigenvalue weighted by atomic mass is 16.4. The zero-order chi connectivity index (χ0) is 19.6. The van der Waals surface area contributed by atoms with E-state index in [0.717, 1.165) is 22.3 Å². The van der Waals surface area contributed by atoms with Crippen LogP contribution in [0.2, 0.25) is 0 Å². The van der Waals surface area contributed by atoms with Crippen molar-refractivity contribution in [3.8, 4) is 11.1 Å². The number of benzene rings is 1. The summed E-state index contributed by atoms with van der Waals surface area (Å²) in [5.74, 6) is -1.68. The molecule has 6 heteroatoms. The molecule has 0 aliphatic heterocycles. The zero-order valence-corrected chi connectivity index (χ0v) is 15.2. The van der Waals surface area contributed by atoms with Crippen molar-refractivity contribution in [3.05, 3.63) is 59.9 Å². The molecule has 0 radical (unpaired) electrons. The van der Waals surface area contributed by atoms with Gasteiger partial charge in [-0.25, -0.2) is 4.57 Å². The van der Waals surface area contributed by atoms with Crippen molar-refractivity contribution in [3.63, 3.8) is 0 Å². The first kappa shape index (κ1) is 20.0. The molecular formula is C21H23N2O4+. The van der Waals surface area contributed by atoms with E-state index in [4.69, 9.17) is 10.2 Å². The maximum absolute atomic E-state index is 10.7. The fourth-order valence-electron chi connectivity index (χ4n) is 2.54. The Kier molecular flexibility index (Phi) is 7.43. The van der Waals surface area contributed by atoms with Crippen molar-refractivity contribution < 1.29 is 24.4 Å². The van der Waals surface area contributed by atoms with Crippen molar-refractivity contribution in [2.45, 2.75) is 26.3 Å². The van der Waals surface area contributed by atoms with E-state index in [-0.39, 0.29) is 19.4 Å². The van der Waals surface area contributed by atoms with E-state index in [1.54, 1.807) is 6.21 Å². The lowest BCUT2D eigenvalue weighted by Gasteiger charge is -2.06. The summed E-state index contributed by atoms with van der Waals surface area (Å²) < 4.78 is 1.84. The fraction of sp³-hybridized carbons (Fsp3) is 0.238. The number of hydrogen-bond donors (Lipinski definition) is 2. The van der Waals surface area contributed by atoms with Gasteiger partial charge in [-0.3, -0.25) is 14.6 Å². The second kappa shape index (κ2) is 10.0. The van der Waals surface area contributed by atoms with Crippen molar-refractivity contribution in [2.75, 3.05) is 6.54 Å². The molecule has 0 bridgehead atoms. The third kappa shape index (κ3) is 6.51. The van der Waals surface area contributed by atoms with Gasteiger partial charge in [-0.15, -0.1) is 0 Å². The normalized spacial score (nSPS) is 11.3. The molecule has 27 heavy (non-hydrogen) atoms. The second-order valence-corrected chi connectivity index (χ2v) is 5.99.